The molecule has 0 rings (SSSR count). The number of carbonyl (C=O) groups excluding carboxylic acids is 1. The van der Waals surface area contributed by atoms with Gasteiger partial charge in [-0.1, -0.05) is 266 Å². The first-order valence-corrected chi connectivity index (χ1v) is 32.5. The van der Waals surface area contributed by atoms with E-state index in [-0.39, 0.29) is 19.1 Å². The van der Waals surface area contributed by atoms with Gasteiger partial charge in [-0.2, -0.15) is 0 Å². The van der Waals surface area contributed by atoms with Crippen molar-refractivity contribution in [3.63, 3.8) is 0 Å². The van der Waals surface area contributed by atoms with E-state index in [2.05, 4.69) is 92.1 Å². The Kier molecular flexibility index (Phi) is 53.7. The van der Waals surface area contributed by atoms with Crippen LogP contribution in [0.15, 0.2) is 85.1 Å². The van der Waals surface area contributed by atoms with Crippen molar-refractivity contribution >= 4 is 13.7 Å². The monoisotopic (exact) mass is 1060 g/mol. The maximum atomic E-state index is 13.0. The number of nitrogens with one attached hydrogen (secondary N) is 1. The molecule has 0 bridgehead atoms. The molecule has 430 valence electrons. The molecule has 0 spiro atoms. The number of unbranched alkanes of at least 4 members (excludes halogenated alkanes) is 31. The Balaban J connectivity index is 4.17. The molecule has 3 N–H and O–H groups in total. The lowest BCUT2D eigenvalue weighted by atomic mass is 10.0. The van der Waals surface area contributed by atoms with Gasteiger partial charge in [0, 0.05) is 6.42 Å². The Morgan fingerprint density at radius 1 is 0.473 bits per heavy atom. The van der Waals surface area contributed by atoms with E-state index in [1.165, 1.54) is 180 Å². The Morgan fingerprint density at radius 2 is 0.824 bits per heavy atom. The number of phosphoric acid groups is 1. The molecule has 0 radical (unpaired) electrons. The first-order chi connectivity index (χ1) is 36.0. The van der Waals surface area contributed by atoms with Crippen LogP contribution in [0.25, 0.3) is 0 Å². The summed E-state index contributed by atoms with van der Waals surface area (Å²) in [5, 5.41) is 13.9. The van der Waals surface area contributed by atoms with Crippen LogP contribution in [0.1, 0.15) is 271 Å². The average Bonchev–Trinajstić information content (AvgIpc) is 3.36. The van der Waals surface area contributed by atoms with E-state index in [1.54, 1.807) is 6.08 Å². The number of rotatable bonds is 56. The Labute approximate surface area is 458 Å². The van der Waals surface area contributed by atoms with Crippen LogP contribution in [0, 0.1) is 0 Å². The zero-order valence-corrected chi connectivity index (χ0v) is 50.0. The molecular weight excluding hydrogens is 936 g/mol. The highest BCUT2D eigenvalue weighted by molar-refractivity contribution is 7.47. The number of amides is 1. The molecule has 3 atom stereocenters. The molecule has 0 aromatic rings. The smallest absolute Gasteiger partial charge is 0.387 e. The normalized spacial score (nSPS) is 14.4. The fraction of sp³-hybridized carbons (Fsp3) is 0.769. The first kappa shape index (κ1) is 71.7. The zero-order valence-electron chi connectivity index (χ0n) is 49.1. The van der Waals surface area contributed by atoms with Crippen LogP contribution in [0.2, 0.25) is 0 Å². The molecule has 0 saturated heterocycles. The van der Waals surface area contributed by atoms with Crippen molar-refractivity contribution in [1.82, 2.24) is 5.32 Å². The van der Waals surface area contributed by atoms with Gasteiger partial charge < -0.3 is 19.8 Å². The summed E-state index contributed by atoms with van der Waals surface area (Å²) < 4.78 is 23.7. The Morgan fingerprint density at radius 3 is 1.24 bits per heavy atom. The molecule has 8 nitrogen and oxygen atoms in total. The number of quaternary nitrogens is 1. The third-order valence-corrected chi connectivity index (χ3v) is 14.6. The number of hydrogen-bond donors (Lipinski definition) is 3. The van der Waals surface area contributed by atoms with Crippen LogP contribution in [-0.2, 0) is 18.4 Å². The quantitative estimate of drug-likeness (QED) is 0.0243. The lowest BCUT2D eigenvalue weighted by Gasteiger charge is -2.25. The molecule has 0 aromatic carbocycles. The van der Waals surface area contributed by atoms with Gasteiger partial charge in [0.2, 0.25) is 5.91 Å². The van der Waals surface area contributed by atoms with Crippen LogP contribution in [0.4, 0.5) is 0 Å². The highest BCUT2D eigenvalue weighted by atomic mass is 31.2. The van der Waals surface area contributed by atoms with Gasteiger partial charge in [0.05, 0.1) is 39.9 Å². The van der Waals surface area contributed by atoms with Crippen LogP contribution in [0.3, 0.4) is 0 Å². The number of hydrogen-bond acceptors (Lipinski definition) is 5. The van der Waals surface area contributed by atoms with Gasteiger partial charge in [-0.15, -0.1) is 0 Å². The third kappa shape index (κ3) is 57.4. The van der Waals surface area contributed by atoms with E-state index in [0.29, 0.717) is 17.4 Å². The summed E-state index contributed by atoms with van der Waals surface area (Å²) in [7, 11) is 1.55. The van der Waals surface area contributed by atoms with E-state index in [4.69, 9.17) is 9.05 Å². The van der Waals surface area contributed by atoms with Crippen molar-refractivity contribution in [1.29, 1.82) is 0 Å². The molecule has 0 aliphatic rings. The van der Waals surface area contributed by atoms with Crippen LogP contribution >= 0.6 is 7.82 Å². The van der Waals surface area contributed by atoms with Crippen molar-refractivity contribution < 1.29 is 32.9 Å². The van der Waals surface area contributed by atoms with Crippen molar-refractivity contribution in [3.05, 3.63) is 85.1 Å². The Hall–Kier alpha value is -2.32. The highest BCUT2D eigenvalue weighted by Crippen LogP contribution is 2.43. The number of aliphatic hydroxyl groups is 1. The average molecular weight is 1060 g/mol. The number of phosphoric ester groups is 1. The molecule has 1 amide bonds. The van der Waals surface area contributed by atoms with E-state index in [9.17, 15) is 19.4 Å². The van der Waals surface area contributed by atoms with Gasteiger partial charge in [0.25, 0.3) is 0 Å². The maximum absolute atomic E-state index is 13.0. The van der Waals surface area contributed by atoms with Crippen LogP contribution in [-0.4, -0.2) is 73.4 Å². The number of carbonyl (C=O) groups is 1. The molecule has 0 heterocycles. The van der Waals surface area contributed by atoms with Gasteiger partial charge in [0.1, 0.15) is 13.2 Å². The van der Waals surface area contributed by atoms with Crippen molar-refractivity contribution in [2.75, 3.05) is 40.9 Å². The topological polar surface area (TPSA) is 105 Å². The fourth-order valence-corrected chi connectivity index (χ4v) is 9.51. The standard InChI is InChI=1S/C65H119N2O6P/c1-6-8-10-12-14-16-18-20-22-24-26-28-29-30-31-32-33-34-35-36-37-39-41-43-45-47-49-51-53-55-57-59-65(69)66-63(62-73-74(70,71)72-61-60-67(3,4)5)64(68)58-56-54-52-50-48-46-44-42-40-38-27-25-23-21-19-17-15-13-11-9-7-2/h8,10,14,16,20,22,26,28,40,42,48,50,56,58,63-64,68H,6-7,9,11-13,15,17-19,21,23-25,27,29-39,41,43-47,49,51-55,57,59-62H2,1-5H3,(H-,66,69,70,71)/p+1/b10-8-,16-14-,22-20-,28-26-,42-40+,50-48+,58-56+. The largest absolute Gasteiger partial charge is 0.472 e. The van der Waals surface area contributed by atoms with E-state index >= 15 is 0 Å². The minimum Gasteiger partial charge on any atom is -0.387 e. The summed E-state index contributed by atoms with van der Waals surface area (Å²) in [6.07, 6.45) is 78.5. The molecule has 74 heavy (non-hydrogen) atoms. The number of allylic oxidation sites excluding steroid dienone is 13. The third-order valence-electron chi connectivity index (χ3n) is 13.6. The zero-order chi connectivity index (χ0) is 54.2. The van der Waals surface area contributed by atoms with Gasteiger partial charge >= 0.3 is 7.82 Å². The molecular formula is C65H120N2O6P+. The van der Waals surface area contributed by atoms with Crippen molar-refractivity contribution in [3.8, 4) is 0 Å². The van der Waals surface area contributed by atoms with Gasteiger partial charge in [0.15, 0.2) is 0 Å². The minimum atomic E-state index is -4.36. The molecule has 0 saturated carbocycles. The summed E-state index contributed by atoms with van der Waals surface area (Å²) in [5.74, 6) is -0.190. The van der Waals surface area contributed by atoms with E-state index < -0.39 is 20.0 Å². The predicted octanol–water partition coefficient (Wildman–Crippen LogP) is 19.2. The summed E-state index contributed by atoms with van der Waals surface area (Å²) in [4.78, 5) is 23.3. The van der Waals surface area contributed by atoms with Crippen molar-refractivity contribution in [2.45, 2.75) is 283 Å². The molecule has 0 aromatic heterocycles. The second-order valence-corrected chi connectivity index (χ2v) is 23.5. The lowest BCUT2D eigenvalue weighted by Crippen LogP contribution is -2.45. The minimum absolute atomic E-state index is 0.0517. The second kappa shape index (κ2) is 55.4. The summed E-state index contributed by atoms with van der Waals surface area (Å²) >= 11 is 0. The molecule has 3 unspecified atom stereocenters. The van der Waals surface area contributed by atoms with Crippen LogP contribution in [0.5, 0.6) is 0 Å². The lowest BCUT2D eigenvalue weighted by molar-refractivity contribution is -0.870. The van der Waals surface area contributed by atoms with E-state index in [1.807, 2.05) is 27.2 Å². The molecule has 9 heteroatoms. The summed E-state index contributed by atoms with van der Waals surface area (Å²) in [6, 6.07) is -0.873. The van der Waals surface area contributed by atoms with Gasteiger partial charge in [-0.25, -0.2) is 4.57 Å². The first-order valence-electron chi connectivity index (χ1n) is 31.0. The maximum Gasteiger partial charge on any atom is 0.472 e. The summed E-state index contributed by atoms with van der Waals surface area (Å²) in [5.41, 5.74) is 0. The highest BCUT2D eigenvalue weighted by Gasteiger charge is 2.27. The number of aliphatic hydroxyl groups excluding tert-OH is 1. The van der Waals surface area contributed by atoms with Crippen molar-refractivity contribution in [2.24, 2.45) is 0 Å². The second-order valence-electron chi connectivity index (χ2n) is 22.0. The van der Waals surface area contributed by atoms with E-state index in [0.717, 1.165) is 70.6 Å². The fourth-order valence-electron chi connectivity index (χ4n) is 8.77. The summed E-state index contributed by atoms with van der Waals surface area (Å²) in [6.45, 7) is 4.69. The molecule has 0 fully saturated rings. The Bertz CT molecular complexity index is 1480. The SMILES string of the molecule is CC/C=C\C/C=C\C/C=C\C/C=C\CCCCCCCCCCCCCCCCCCCCC(=O)NC(COP(=O)(O)OCC[N+](C)(C)C)C(O)/C=C/CC/C=C/CC/C=C/CCCCCCCCCCCCC. The predicted molar refractivity (Wildman–Crippen MR) is 323 cm³/mol. The molecule has 0 aliphatic heterocycles. The number of nitrogens with zero attached hydrogens (tertiary/aromatic N) is 1. The van der Waals surface area contributed by atoms with Crippen LogP contribution < -0.4 is 5.32 Å². The van der Waals surface area contributed by atoms with Gasteiger partial charge in [-0.05, 0) is 83.5 Å². The number of likely N-dealkylation sites (N-methyl/N-ethyl adjacent to an activating group) is 1. The van der Waals surface area contributed by atoms with Gasteiger partial charge in [-0.3, -0.25) is 13.8 Å². The molecule has 0 aliphatic carbocycles.